The van der Waals surface area contributed by atoms with Crippen LogP contribution in [0.15, 0.2) is 48.5 Å². The molecule has 2 rings (SSSR count). The number of amides is 2. The molecule has 0 atom stereocenters. The van der Waals surface area contributed by atoms with Crippen LogP contribution in [-0.4, -0.2) is 32.1 Å². The Bertz CT molecular complexity index is 782. The van der Waals surface area contributed by atoms with Gasteiger partial charge in [-0.1, -0.05) is 12.1 Å². The summed E-state index contributed by atoms with van der Waals surface area (Å²) in [6.45, 7) is -0.418. The Morgan fingerprint density at radius 2 is 1.72 bits per heavy atom. The molecular weight excluding hydrogens is 322 g/mol. The number of nitrogens with one attached hydrogen (secondary N) is 2. The van der Waals surface area contributed by atoms with E-state index in [2.05, 4.69) is 10.6 Å². The van der Waals surface area contributed by atoms with Gasteiger partial charge in [0.15, 0.2) is 18.1 Å². The molecule has 0 aromatic heterocycles. The van der Waals surface area contributed by atoms with E-state index < -0.39 is 5.91 Å². The molecule has 0 aliphatic carbocycles. The average Bonchev–Trinajstić information content (AvgIpc) is 2.65. The fourth-order valence-electron chi connectivity index (χ4n) is 1.94. The maximum Gasteiger partial charge on any atom is 0.258 e. The fraction of sp³-hybridized carbons (Fsp3) is 0.167. The van der Waals surface area contributed by atoms with Gasteiger partial charge in [-0.3, -0.25) is 9.59 Å². The van der Waals surface area contributed by atoms with Crippen molar-refractivity contribution in [2.75, 3.05) is 25.6 Å². The van der Waals surface area contributed by atoms with Gasteiger partial charge in [0, 0.05) is 5.69 Å². The summed E-state index contributed by atoms with van der Waals surface area (Å²) >= 11 is 0. The SMILES string of the molecule is COc1ccccc1OCC(=O)NCC(=O)Nc1ccc(C#N)cc1. The number of nitrogens with zero attached hydrogens (tertiary/aromatic N) is 1. The minimum absolute atomic E-state index is 0.186. The number of hydrogen-bond donors (Lipinski definition) is 2. The molecule has 7 heteroatoms. The summed E-state index contributed by atoms with van der Waals surface area (Å²) in [5, 5.41) is 13.8. The van der Waals surface area contributed by atoms with Crippen LogP contribution in [0.5, 0.6) is 11.5 Å². The van der Waals surface area contributed by atoms with Gasteiger partial charge in [-0.15, -0.1) is 0 Å². The van der Waals surface area contributed by atoms with Crippen molar-refractivity contribution in [3.8, 4) is 17.6 Å². The van der Waals surface area contributed by atoms with Gasteiger partial charge in [0.05, 0.1) is 25.3 Å². The van der Waals surface area contributed by atoms with Crippen LogP contribution in [0.3, 0.4) is 0 Å². The van der Waals surface area contributed by atoms with Crippen LogP contribution >= 0.6 is 0 Å². The lowest BCUT2D eigenvalue weighted by molar-refractivity contribution is -0.125. The highest BCUT2D eigenvalue weighted by molar-refractivity contribution is 5.94. The van der Waals surface area contributed by atoms with Gasteiger partial charge in [0.25, 0.3) is 5.91 Å². The first kappa shape index (κ1) is 17.8. The highest BCUT2D eigenvalue weighted by Crippen LogP contribution is 2.25. The summed E-state index contributed by atoms with van der Waals surface area (Å²) in [5.41, 5.74) is 1.04. The number of nitriles is 1. The minimum atomic E-state index is -0.430. The number of benzene rings is 2. The molecule has 0 unspecified atom stereocenters. The summed E-state index contributed by atoms with van der Waals surface area (Å²) in [7, 11) is 1.51. The van der Waals surface area contributed by atoms with Crippen LogP contribution in [-0.2, 0) is 9.59 Å². The number of ether oxygens (including phenoxy) is 2. The standard InChI is InChI=1S/C18H17N3O4/c1-24-15-4-2-3-5-16(15)25-12-18(23)20-11-17(22)21-14-8-6-13(10-19)7-9-14/h2-9H,11-12H2,1H3,(H,20,23)(H,21,22). The van der Waals surface area contributed by atoms with Gasteiger partial charge in [-0.2, -0.15) is 5.26 Å². The lowest BCUT2D eigenvalue weighted by Crippen LogP contribution is -2.35. The zero-order valence-corrected chi connectivity index (χ0v) is 13.6. The van der Waals surface area contributed by atoms with Gasteiger partial charge < -0.3 is 20.1 Å². The monoisotopic (exact) mass is 339 g/mol. The summed E-state index contributed by atoms with van der Waals surface area (Å²) in [4.78, 5) is 23.6. The van der Waals surface area contributed by atoms with Crippen molar-refractivity contribution in [2.45, 2.75) is 0 Å². The van der Waals surface area contributed by atoms with Gasteiger partial charge in [0.2, 0.25) is 5.91 Å². The van der Waals surface area contributed by atoms with Crippen LogP contribution in [0.25, 0.3) is 0 Å². The van der Waals surface area contributed by atoms with E-state index in [1.54, 1.807) is 48.5 Å². The Kier molecular flexibility index (Phi) is 6.37. The first-order valence-electron chi connectivity index (χ1n) is 7.45. The first-order valence-corrected chi connectivity index (χ1v) is 7.45. The number of carbonyl (C=O) groups is 2. The number of carbonyl (C=O) groups excluding carboxylic acids is 2. The predicted octanol–water partition coefficient (Wildman–Crippen LogP) is 1.70. The van der Waals surface area contributed by atoms with E-state index in [9.17, 15) is 9.59 Å². The Hall–Kier alpha value is -3.53. The molecule has 2 amide bonds. The van der Waals surface area contributed by atoms with E-state index in [0.29, 0.717) is 22.7 Å². The molecular formula is C18H17N3O4. The van der Waals surface area contributed by atoms with Crippen molar-refractivity contribution in [1.29, 1.82) is 5.26 Å². The molecule has 0 heterocycles. The Labute approximate surface area is 145 Å². The van der Waals surface area contributed by atoms with Crippen LogP contribution in [0.4, 0.5) is 5.69 Å². The van der Waals surface area contributed by atoms with Crippen molar-refractivity contribution in [3.05, 3.63) is 54.1 Å². The molecule has 0 fully saturated rings. The minimum Gasteiger partial charge on any atom is -0.493 e. The average molecular weight is 339 g/mol. The third kappa shape index (κ3) is 5.55. The van der Waals surface area contributed by atoms with E-state index in [1.807, 2.05) is 6.07 Å². The quantitative estimate of drug-likeness (QED) is 0.800. The van der Waals surface area contributed by atoms with Crippen LogP contribution in [0.1, 0.15) is 5.56 Å². The maximum absolute atomic E-state index is 11.8. The molecule has 2 aromatic rings. The van der Waals surface area contributed by atoms with Gasteiger partial charge >= 0.3 is 0 Å². The van der Waals surface area contributed by atoms with Crippen molar-refractivity contribution in [3.63, 3.8) is 0 Å². The van der Waals surface area contributed by atoms with E-state index in [4.69, 9.17) is 14.7 Å². The van der Waals surface area contributed by atoms with Gasteiger partial charge in [-0.05, 0) is 36.4 Å². The van der Waals surface area contributed by atoms with Gasteiger partial charge in [0.1, 0.15) is 0 Å². The Morgan fingerprint density at radius 1 is 1.04 bits per heavy atom. The van der Waals surface area contributed by atoms with Crippen molar-refractivity contribution < 1.29 is 19.1 Å². The number of anilines is 1. The third-order valence-corrected chi connectivity index (χ3v) is 3.17. The predicted molar refractivity (Wildman–Crippen MR) is 91.3 cm³/mol. The molecule has 7 nitrogen and oxygen atoms in total. The molecule has 128 valence electrons. The topological polar surface area (TPSA) is 100 Å². The number of rotatable bonds is 7. The van der Waals surface area contributed by atoms with Gasteiger partial charge in [-0.25, -0.2) is 0 Å². The summed E-state index contributed by atoms with van der Waals surface area (Å²) in [6, 6.07) is 15.4. The molecule has 25 heavy (non-hydrogen) atoms. The van der Waals surface area contributed by atoms with Crippen molar-refractivity contribution >= 4 is 17.5 Å². The molecule has 0 spiro atoms. The number of hydrogen-bond acceptors (Lipinski definition) is 5. The second-order valence-electron chi connectivity index (χ2n) is 4.95. The zero-order valence-electron chi connectivity index (χ0n) is 13.6. The van der Waals surface area contributed by atoms with Crippen LogP contribution < -0.4 is 20.1 Å². The smallest absolute Gasteiger partial charge is 0.258 e. The summed E-state index contributed by atoms with van der Waals surface area (Å²) < 4.78 is 10.5. The molecule has 0 radical (unpaired) electrons. The molecule has 0 bridgehead atoms. The lowest BCUT2D eigenvalue weighted by atomic mass is 10.2. The van der Waals surface area contributed by atoms with Crippen molar-refractivity contribution in [2.24, 2.45) is 0 Å². The van der Waals surface area contributed by atoms with Crippen LogP contribution in [0.2, 0.25) is 0 Å². The highest BCUT2D eigenvalue weighted by Gasteiger charge is 2.09. The lowest BCUT2D eigenvalue weighted by Gasteiger charge is -2.10. The third-order valence-electron chi connectivity index (χ3n) is 3.17. The number of methoxy groups -OCH3 is 1. The second-order valence-corrected chi connectivity index (χ2v) is 4.95. The normalized spacial score (nSPS) is 9.60. The van der Waals surface area contributed by atoms with Crippen molar-refractivity contribution in [1.82, 2.24) is 5.32 Å². The second kappa shape index (κ2) is 8.93. The largest absolute Gasteiger partial charge is 0.493 e. The fourth-order valence-corrected chi connectivity index (χ4v) is 1.94. The van der Waals surface area contributed by atoms with E-state index in [0.717, 1.165) is 0 Å². The molecule has 2 aromatic carbocycles. The molecule has 0 saturated carbocycles. The van der Waals surface area contributed by atoms with E-state index in [-0.39, 0.29) is 19.1 Å². The summed E-state index contributed by atoms with van der Waals surface area (Å²) in [6.07, 6.45) is 0. The molecule has 0 saturated heterocycles. The van der Waals surface area contributed by atoms with E-state index in [1.165, 1.54) is 7.11 Å². The Morgan fingerprint density at radius 3 is 2.36 bits per heavy atom. The first-order chi connectivity index (χ1) is 12.1. The number of para-hydroxylation sites is 2. The molecule has 0 aliphatic heterocycles. The highest BCUT2D eigenvalue weighted by atomic mass is 16.5. The Balaban J connectivity index is 1.75. The molecule has 2 N–H and O–H groups in total. The van der Waals surface area contributed by atoms with E-state index >= 15 is 0 Å². The molecule has 0 aliphatic rings. The zero-order chi connectivity index (χ0) is 18.1. The maximum atomic E-state index is 11.8. The summed E-state index contributed by atoms with van der Waals surface area (Å²) in [5.74, 6) is 0.160. The van der Waals surface area contributed by atoms with Crippen LogP contribution in [0, 0.1) is 11.3 Å².